The maximum Gasteiger partial charge on any atom is 0.163 e. The lowest BCUT2D eigenvalue weighted by molar-refractivity contribution is -0.110. The Bertz CT molecular complexity index is 953. The van der Waals surface area contributed by atoms with Crippen LogP contribution in [0.1, 0.15) is 22.7 Å². The van der Waals surface area contributed by atoms with Crippen molar-refractivity contribution >= 4 is 12.0 Å². The SMILES string of the molecule is O=CC1=C(c2ccccc2)ON(Cc2ccc(F)cc2)[C@H]1c1ccccc1. The van der Waals surface area contributed by atoms with Gasteiger partial charge in [-0.05, 0) is 23.3 Å². The number of carbonyl (C=O) groups is 1. The molecule has 27 heavy (non-hydrogen) atoms. The van der Waals surface area contributed by atoms with Crippen molar-refractivity contribution in [1.82, 2.24) is 5.06 Å². The number of hydrogen-bond donors (Lipinski definition) is 0. The molecule has 0 aromatic heterocycles. The highest BCUT2D eigenvalue weighted by molar-refractivity contribution is 5.88. The van der Waals surface area contributed by atoms with Crippen molar-refractivity contribution in [2.24, 2.45) is 0 Å². The minimum absolute atomic E-state index is 0.280. The standard InChI is InChI=1S/C23H18FNO2/c24-20-13-11-17(12-14-20)15-25-22(18-7-3-1-4-8-18)21(16-26)23(27-25)19-9-5-2-6-10-19/h1-14,16,22H,15H2/t22-/m0/s1. The maximum atomic E-state index is 13.2. The van der Waals surface area contributed by atoms with Gasteiger partial charge in [0.1, 0.15) is 11.9 Å². The second-order valence-corrected chi connectivity index (χ2v) is 6.37. The molecule has 0 bridgehead atoms. The molecule has 0 amide bonds. The van der Waals surface area contributed by atoms with Crippen LogP contribution in [0.15, 0.2) is 90.5 Å². The molecule has 1 heterocycles. The minimum Gasteiger partial charge on any atom is -0.404 e. The fourth-order valence-corrected chi connectivity index (χ4v) is 3.30. The largest absolute Gasteiger partial charge is 0.404 e. The molecule has 0 radical (unpaired) electrons. The summed E-state index contributed by atoms with van der Waals surface area (Å²) < 4.78 is 13.2. The van der Waals surface area contributed by atoms with E-state index in [9.17, 15) is 9.18 Å². The number of benzene rings is 3. The zero-order chi connectivity index (χ0) is 18.6. The van der Waals surface area contributed by atoms with Gasteiger partial charge in [0.15, 0.2) is 12.0 Å². The number of hydroxylamine groups is 2. The van der Waals surface area contributed by atoms with E-state index >= 15 is 0 Å². The molecule has 1 aliphatic heterocycles. The van der Waals surface area contributed by atoms with Crippen molar-refractivity contribution in [2.75, 3.05) is 0 Å². The third-order valence-corrected chi connectivity index (χ3v) is 4.58. The Kier molecular flexibility index (Phi) is 4.81. The lowest BCUT2D eigenvalue weighted by Gasteiger charge is -2.24. The highest BCUT2D eigenvalue weighted by atomic mass is 19.1. The molecule has 0 spiro atoms. The van der Waals surface area contributed by atoms with Crippen LogP contribution in [0, 0.1) is 5.82 Å². The van der Waals surface area contributed by atoms with E-state index in [0.717, 1.165) is 23.0 Å². The summed E-state index contributed by atoms with van der Waals surface area (Å²) in [5.41, 5.74) is 3.29. The minimum atomic E-state index is -0.330. The lowest BCUT2D eigenvalue weighted by atomic mass is 9.97. The average molecular weight is 359 g/mol. The van der Waals surface area contributed by atoms with Crippen LogP contribution in [0.2, 0.25) is 0 Å². The summed E-state index contributed by atoms with van der Waals surface area (Å²) in [7, 11) is 0. The summed E-state index contributed by atoms with van der Waals surface area (Å²) in [6.07, 6.45) is 0.866. The quantitative estimate of drug-likeness (QED) is 0.605. The van der Waals surface area contributed by atoms with Crippen LogP contribution in [0.5, 0.6) is 0 Å². The first-order chi connectivity index (χ1) is 13.3. The number of hydrogen-bond acceptors (Lipinski definition) is 3. The van der Waals surface area contributed by atoms with Crippen LogP contribution in [0.3, 0.4) is 0 Å². The van der Waals surface area contributed by atoms with Gasteiger partial charge in [0.25, 0.3) is 0 Å². The van der Waals surface area contributed by atoms with E-state index in [1.54, 1.807) is 17.2 Å². The van der Waals surface area contributed by atoms with Crippen molar-refractivity contribution in [3.8, 4) is 0 Å². The average Bonchev–Trinajstić information content (AvgIpc) is 3.09. The fraction of sp³-hybridized carbons (Fsp3) is 0.0870. The van der Waals surface area contributed by atoms with Crippen molar-refractivity contribution in [3.05, 3.63) is 113 Å². The van der Waals surface area contributed by atoms with E-state index in [4.69, 9.17) is 4.84 Å². The molecule has 4 heteroatoms. The Morgan fingerprint density at radius 3 is 2.15 bits per heavy atom. The van der Waals surface area contributed by atoms with Gasteiger partial charge in [0.05, 0.1) is 12.1 Å². The fourth-order valence-electron chi connectivity index (χ4n) is 3.30. The van der Waals surface area contributed by atoms with Crippen molar-refractivity contribution in [3.63, 3.8) is 0 Å². The van der Waals surface area contributed by atoms with Crippen LogP contribution in [-0.2, 0) is 16.2 Å². The summed E-state index contributed by atoms with van der Waals surface area (Å²) in [6, 6.07) is 25.3. The van der Waals surface area contributed by atoms with Gasteiger partial charge in [-0.3, -0.25) is 4.79 Å². The van der Waals surface area contributed by atoms with E-state index in [1.807, 2.05) is 60.7 Å². The number of aldehydes is 1. The smallest absolute Gasteiger partial charge is 0.163 e. The first-order valence-electron chi connectivity index (χ1n) is 8.75. The molecule has 0 saturated carbocycles. The molecule has 0 fully saturated rings. The van der Waals surface area contributed by atoms with Gasteiger partial charge in [-0.25, -0.2) is 4.39 Å². The second kappa shape index (κ2) is 7.56. The van der Waals surface area contributed by atoms with E-state index in [2.05, 4.69) is 0 Å². The molecular formula is C23H18FNO2. The molecule has 0 saturated heterocycles. The van der Waals surface area contributed by atoms with Gasteiger partial charge in [0.2, 0.25) is 0 Å². The van der Waals surface area contributed by atoms with E-state index in [1.165, 1.54) is 12.1 Å². The first-order valence-corrected chi connectivity index (χ1v) is 8.75. The normalized spacial score (nSPS) is 17.0. The highest BCUT2D eigenvalue weighted by Crippen LogP contribution is 2.41. The van der Waals surface area contributed by atoms with Gasteiger partial charge >= 0.3 is 0 Å². The summed E-state index contributed by atoms with van der Waals surface area (Å²) in [6.45, 7) is 0.424. The molecule has 1 atom stereocenters. The Hall–Kier alpha value is -3.24. The lowest BCUT2D eigenvalue weighted by Crippen LogP contribution is -2.24. The molecule has 0 N–H and O–H groups in total. The predicted molar refractivity (Wildman–Crippen MR) is 102 cm³/mol. The molecule has 0 aliphatic carbocycles. The summed E-state index contributed by atoms with van der Waals surface area (Å²) in [5.74, 6) is 0.277. The maximum absolute atomic E-state index is 13.2. The zero-order valence-corrected chi connectivity index (χ0v) is 14.6. The molecule has 134 valence electrons. The van der Waals surface area contributed by atoms with Crippen LogP contribution in [0.4, 0.5) is 4.39 Å². The highest BCUT2D eigenvalue weighted by Gasteiger charge is 2.36. The number of carbonyl (C=O) groups excluding carboxylic acids is 1. The topological polar surface area (TPSA) is 29.5 Å². The van der Waals surface area contributed by atoms with E-state index < -0.39 is 0 Å². The number of nitrogens with zero attached hydrogens (tertiary/aromatic N) is 1. The van der Waals surface area contributed by atoms with Gasteiger partial charge in [0, 0.05) is 5.56 Å². The molecule has 4 rings (SSSR count). The van der Waals surface area contributed by atoms with Crippen LogP contribution in [-0.4, -0.2) is 11.3 Å². The molecule has 0 unspecified atom stereocenters. The Labute approximate surface area is 157 Å². The van der Waals surface area contributed by atoms with Gasteiger partial charge in [-0.2, -0.15) is 0 Å². The third-order valence-electron chi connectivity index (χ3n) is 4.58. The predicted octanol–water partition coefficient (Wildman–Crippen LogP) is 4.92. The van der Waals surface area contributed by atoms with Crippen molar-refractivity contribution < 1.29 is 14.0 Å². The van der Waals surface area contributed by atoms with Crippen LogP contribution < -0.4 is 0 Å². The Balaban J connectivity index is 1.75. The summed E-state index contributed by atoms with van der Waals surface area (Å²) in [4.78, 5) is 18.1. The zero-order valence-electron chi connectivity index (χ0n) is 14.6. The third kappa shape index (κ3) is 3.52. The molecular weight excluding hydrogens is 341 g/mol. The van der Waals surface area contributed by atoms with Gasteiger partial charge in [-0.1, -0.05) is 72.8 Å². The van der Waals surface area contributed by atoms with E-state index in [-0.39, 0.29) is 11.9 Å². The van der Waals surface area contributed by atoms with Crippen molar-refractivity contribution in [1.29, 1.82) is 0 Å². The first kappa shape index (κ1) is 17.2. The Morgan fingerprint density at radius 1 is 0.889 bits per heavy atom. The number of halogens is 1. The number of rotatable bonds is 5. The molecule has 3 aromatic rings. The molecule has 3 aromatic carbocycles. The van der Waals surface area contributed by atoms with Gasteiger partial charge < -0.3 is 4.84 Å². The monoisotopic (exact) mass is 359 g/mol. The summed E-state index contributed by atoms with van der Waals surface area (Å²) in [5, 5.41) is 1.77. The Morgan fingerprint density at radius 2 is 1.52 bits per heavy atom. The second-order valence-electron chi connectivity index (χ2n) is 6.37. The molecule has 1 aliphatic rings. The van der Waals surface area contributed by atoms with E-state index in [0.29, 0.717) is 17.9 Å². The van der Waals surface area contributed by atoms with Crippen LogP contribution >= 0.6 is 0 Å². The van der Waals surface area contributed by atoms with Crippen molar-refractivity contribution in [2.45, 2.75) is 12.6 Å². The van der Waals surface area contributed by atoms with Crippen LogP contribution in [0.25, 0.3) is 5.76 Å². The molecule has 3 nitrogen and oxygen atoms in total. The summed E-state index contributed by atoms with van der Waals surface area (Å²) >= 11 is 0. The van der Waals surface area contributed by atoms with Gasteiger partial charge in [-0.15, -0.1) is 5.06 Å².